The van der Waals surface area contributed by atoms with Gasteiger partial charge in [0.05, 0.1) is 0 Å². The summed E-state index contributed by atoms with van der Waals surface area (Å²) in [7, 11) is 0. The lowest BCUT2D eigenvalue weighted by Crippen LogP contribution is -1.75. The lowest BCUT2D eigenvalue weighted by Gasteiger charge is -1.93. The topological polar surface area (TPSA) is 0 Å². The van der Waals surface area contributed by atoms with Gasteiger partial charge in [0.25, 0.3) is 0 Å². The molecule has 0 atom stereocenters. The summed E-state index contributed by atoms with van der Waals surface area (Å²) in [4.78, 5) is 0. The summed E-state index contributed by atoms with van der Waals surface area (Å²) in [5, 5.41) is 0. The Balaban J connectivity index is 2.69. The number of hydrogen-bond donors (Lipinski definition) is 0. The highest BCUT2D eigenvalue weighted by molar-refractivity contribution is 4.74. The van der Waals surface area contributed by atoms with Gasteiger partial charge in [0.1, 0.15) is 0 Å². The Kier molecular flexibility index (Phi) is 7.19. The van der Waals surface area contributed by atoms with Crippen LogP contribution in [0.1, 0.15) is 45.4 Å². The average molecular weight is 123 g/mol. The molecule has 0 aromatic heterocycles. The van der Waals surface area contributed by atoms with Gasteiger partial charge in [0.2, 0.25) is 0 Å². The summed E-state index contributed by atoms with van der Waals surface area (Å²) in [5.74, 6) is 2.39. The van der Waals surface area contributed by atoms with E-state index in [9.17, 15) is 0 Å². The number of unbranched alkanes of at least 4 members (excludes halogenated alkanes) is 5. The summed E-state index contributed by atoms with van der Waals surface area (Å²) in [6.45, 7) is 2.21. The van der Waals surface area contributed by atoms with Crippen molar-refractivity contribution in [1.29, 1.82) is 0 Å². The standard InChI is InChI=1S/C9H15/c1-3-5-7-9-8-6-4-2/h3,5-9H2,1H3. The van der Waals surface area contributed by atoms with Crippen molar-refractivity contribution >= 4 is 0 Å². The van der Waals surface area contributed by atoms with Crippen LogP contribution in [0, 0.1) is 12.3 Å². The van der Waals surface area contributed by atoms with E-state index in [4.69, 9.17) is 6.42 Å². The van der Waals surface area contributed by atoms with Crippen molar-refractivity contribution in [2.24, 2.45) is 0 Å². The quantitative estimate of drug-likeness (QED) is 0.389. The second kappa shape index (κ2) is 7.56. The molecule has 0 aliphatic heterocycles. The molecule has 0 aliphatic rings. The molecular formula is C9H15. The Bertz CT molecular complexity index is 76.5. The van der Waals surface area contributed by atoms with Gasteiger partial charge in [-0.3, -0.25) is 0 Å². The van der Waals surface area contributed by atoms with E-state index < -0.39 is 0 Å². The fourth-order valence-electron chi connectivity index (χ4n) is 0.817. The van der Waals surface area contributed by atoms with Crippen LogP contribution in [0.25, 0.3) is 0 Å². The molecular weight excluding hydrogens is 108 g/mol. The predicted molar refractivity (Wildman–Crippen MR) is 40.5 cm³/mol. The molecule has 0 saturated carbocycles. The molecule has 0 heterocycles. The third-order valence-corrected chi connectivity index (χ3v) is 1.41. The maximum absolute atomic E-state index is 6.63. The molecule has 0 nitrogen and oxygen atoms in total. The van der Waals surface area contributed by atoms with Crippen LogP contribution in [-0.2, 0) is 0 Å². The molecule has 0 N–H and O–H groups in total. The van der Waals surface area contributed by atoms with Crippen molar-refractivity contribution in [3.63, 3.8) is 0 Å². The molecule has 0 aromatic rings. The predicted octanol–water partition coefficient (Wildman–Crippen LogP) is 2.94. The summed E-state index contributed by atoms with van der Waals surface area (Å²) in [5.41, 5.74) is 0. The zero-order chi connectivity index (χ0) is 6.95. The Morgan fingerprint density at radius 1 is 1.11 bits per heavy atom. The van der Waals surface area contributed by atoms with E-state index in [0.29, 0.717) is 0 Å². The fourth-order valence-corrected chi connectivity index (χ4v) is 0.817. The second-order valence-electron chi connectivity index (χ2n) is 2.34. The minimum absolute atomic E-state index is 0.851. The average Bonchev–Trinajstić information content (AvgIpc) is 1.89. The van der Waals surface area contributed by atoms with Crippen molar-refractivity contribution in [3.05, 3.63) is 6.42 Å². The highest BCUT2D eigenvalue weighted by atomic mass is 13.9. The van der Waals surface area contributed by atoms with Gasteiger partial charge in [-0.1, -0.05) is 38.5 Å². The maximum atomic E-state index is 6.63. The third kappa shape index (κ3) is 7.56. The van der Waals surface area contributed by atoms with Gasteiger partial charge in [-0.15, -0.1) is 0 Å². The van der Waals surface area contributed by atoms with Crippen LogP contribution in [0.5, 0.6) is 0 Å². The first-order valence-corrected chi connectivity index (χ1v) is 3.81. The van der Waals surface area contributed by atoms with Crippen LogP contribution < -0.4 is 0 Å². The van der Waals surface area contributed by atoms with E-state index >= 15 is 0 Å². The molecule has 0 unspecified atom stereocenters. The normalized spacial score (nSPS) is 8.89. The van der Waals surface area contributed by atoms with E-state index in [1.165, 1.54) is 25.7 Å². The Morgan fingerprint density at radius 3 is 2.33 bits per heavy atom. The molecule has 0 fully saturated rings. The zero-order valence-electron chi connectivity index (χ0n) is 6.24. The van der Waals surface area contributed by atoms with E-state index in [0.717, 1.165) is 12.8 Å². The van der Waals surface area contributed by atoms with E-state index in [-0.39, 0.29) is 0 Å². The van der Waals surface area contributed by atoms with Gasteiger partial charge in [0, 0.05) is 6.42 Å². The van der Waals surface area contributed by atoms with Crippen LogP contribution >= 0.6 is 0 Å². The van der Waals surface area contributed by atoms with Crippen LogP contribution in [0.15, 0.2) is 0 Å². The molecule has 9 heavy (non-hydrogen) atoms. The Hall–Kier alpha value is -0.440. The van der Waals surface area contributed by atoms with Crippen molar-refractivity contribution in [2.45, 2.75) is 45.4 Å². The van der Waals surface area contributed by atoms with Crippen LogP contribution in [-0.4, -0.2) is 0 Å². The number of rotatable bonds is 5. The molecule has 1 radical (unpaired) electrons. The first kappa shape index (κ1) is 8.56. The Labute approximate surface area is 58.7 Å². The monoisotopic (exact) mass is 123 g/mol. The Morgan fingerprint density at radius 2 is 1.78 bits per heavy atom. The smallest absolute Gasteiger partial charge is 0.00989 e. The molecule has 0 bridgehead atoms. The first-order valence-electron chi connectivity index (χ1n) is 3.81. The summed E-state index contributed by atoms with van der Waals surface area (Å²) < 4.78 is 0. The largest absolute Gasteiger partial charge is 0.0891 e. The summed E-state index contributed by atoms with van der Waals surface area (Å²) in [6, 6.07) is 0. The van der Waals surface area contributed by atoms with Crippen molar-refractivity contribution < 1.29 is 0 Å². The molecule has 0 heteroatoms. The molecule has 0 aliphatic carbocycles. The molecule has 0 spiro atoms. The van der Waals surface area contributed by atoms with E-state index in [1.54, 1.807) is 0 Å². The first-order chi connectivity index (χ1) is 4.41. The van der Waals surface area contributed by atoms with E-state index in [1.807, 2.05) is 0 Å². The molecule has 0 rings (SSSR count). The lowest BCUT2D eigenvalue weighted by atomic mass is 10.1. The van der Waals surface area contributed by atoms with Gasteiger partial charge in [-0.05, 0) is 12.8 Å². The highest BCUT2D eigenvalue weighted by Gasteiger charge is 1.84. The lowest BCUT2D eigenvalue weighted by molar-refractivity contribution is 0.641. The second-order valence-corrected chi connectivity index (χ2v) is 2.34. The zero-order valence-corrected chi connectivity index (χ0v) is 6.24. The summed E-state index contributed by atoms with van der Waals surface area (Å²) >= 11 is 0. The molecule has 0 saturated heterocycles. The van der Waals surface area contributed by atoms with Crippen LogP contribution in [0.4, 0.5) is 0 Å². The highest BCUT2D eigenvalue weighted by Crippen LogP contribution is 2.03. The van der Waals surface area contributed by atoms with Crippen molar-refractivity contribution in [2.75, 3.05) is 0 Å². The van der Waals surface area contributed by atoms with Gasteiger partial charge in [0.15, 0.2) is 0 Å². The van der Waals surface area contributed by atoms with Crippen LogP contribution in [0.3, 0.4) is 0 Å². The van der Waals surface area contributed by atoms with Crippen LogP contribution in [0.2, 0.25) is 0 Å². The van der Waals surface area contributed by atoms with Gasteiger partial charge in [-0.2, -0.15) is 0 Å². The van der Waals surface area contributed by atoms with Gasteiger partial charge >= 0.3 is 0 Å². The van der Waals surface area contributed by atoms with Crippen molar-refractivity contribution in [3.8, 4) is 5.92 Å². The SMILES string of the molecule is [C]#CCCCCCCC. The minimum atomic E-state index is 0.851. The molecule has 0 amide bonds. The van der Waals surface area contributed by atoms with Gasteiger partial charge < -0.3 is 0 Å². The van der Waals surface area contributed by atoms with E-state index in [2.05, 4.69) is 12.8 Å². The minimum Gasteiger partial charge on any atom is -0.0891 e. The fraction of sp³-hybridized carbons (Fsp3) is 0.778. The summed E-state index contributed by atoms with van der Waals surface area (Å²) in [6.07, 6.45) is 13.9. The molecule has 0 aromatic carbocycles. The van der Waals surface area contributed by atoms with Crippen molar-refractivity contribution in [1.82, 2.24) is 0 Å². The molecule has 51 valence electrons. The van der Waals surface area contributed by atoms with Gasteiger partial charge in [-0.25, -0.2) is 0 Å². The maximum Gasteiger partial charge on any atom is 0.00989 e. The third-order valence-electron chi connectivity index (χ3n) is 1.41. The number of hydrogen-bond acceptors (Lipinski definition) is 0.